The highest BCUT2D eigenvalue weighted by molar-refractivity contribution is 5.43. The SMILES string of the molecule is N#CCc1ccnn1-c1ccccc1C(F)(F)F. The number of rotatable bonds is 2. The third-order valence-electron chi connectivity index (χ3n) is 2.42. The lowest BCUT2D eigenvalue weighted by molar-refractivity contribution is -0.137. The van der Waals surface area contributed by atoms with Gasteiger partial charge < -0.3 is 0 Å². The van der Waals surface area contributed by atoms with Gasteiger partial charge in [0.05, 0.1) is 29.4 Å². The van der Waals surface area contributed by atoms with Gasteiger partial charge in [-0.3, -0.25) is 0 Å². The molecule has 6 heteroatoms. The summed E-state index contributed by atoms with van der Waals surface area (Å²) in [5, 5.41) is 12.5. The van der Waals surface area contributed by atoms with Crippen molar-refractivity contribution in [2.45, 2.75) is 12.6 Å². The third kappa shape index (κ3) is 2.20. The van der Waals surface area contributed by atoms with Gasteiger partial charge >= 0.3 is 6.18 Å². The van der Waals surface area contributed by atoms with Crippen molar-refractivity contribution < 1.29 is 13.2 Å². The predicted molar refractivity (Wildman–Crippen MR) is 57.9 cm³/mol. The van der Waals surface area contributed by atoms with Gasteiger partial charge in [-0.15, -0.1) is 0 Å². The Bertz CT molecular complexity index is 593. The molecule has 18 heavy (non-hydrogen) atoms. The molecule has 0 aliphatic heterocycles. The quantitative estimate of drug-likeness (QED) is 0.823. The van der Waals surface area contributed by atoms with E-state index in [0.717, 1.165) is 10.7 Å². The van der Waals surface area contributed by atoms with Crippen LogP contribution in [0.15, 0.2) is 36.5 Å². The van der Waals surface area contributed by atoms with Crippen LogP contribution >= 0.6 is 0 Å². The Morgan fingerprint density at radius 3 is 2.61 bits per heavy atom. The largest absolute Gasteiger partial charge is 0.418 e. The number of alkyl halides is 3. The summed E-state index contributed by atoms with van der Waals surface area (Å²) < 4.78 is 39.7. The summed E-state index contributed by atoms with van der Waals surface area (Å²) in [4.78, 5) is 0. The highest BCUT2D eigenvalue weighted by Crippen LogP contribution is 2.33. The molecule has 0 spiro atoms. The normalized spacial score (nSPS) is 11.2. The maximum atomic E-state index is 12.9. The molecular formula is C12H8F3N3. The molecule has 2 rings (SSSR count). The van der Waals surface area contributed by atoms with Crippen LogP contribution in [0.1, 0.15) is 11.3 Å². The molecule has 0 saturated carbocycles. The van der Waals surface area contributed by atoms with Gasteiger partial charge in [-0.05, 0) is 18.2 Å². The minimum Gasteiger partial charge on any atom is -0.236 e. The van der Waals surface area contributed by atoms with Crippen LogP contribution in [-0.4, -0.2) is 9.78 Å². The van der Waals surface area contributed by atoms with Crippen molar-refractivity contribution >= 4 is 0 Å². The Morgan fingerprint density at radius 2 is 1.94 bits per heavy atom. The lowest BCUT2D eigenvalue weighted by Gasteiger charge is -2.13. The van der Waals surface area contributed by atoms with Crippen LogP contribution in [0.2, 0.25) is 0 Å². The molecule has 0 saturated heterocycles. The van der Waals surface area contributed by atoms with E-state index in [9.17, 15) is 13.2 Å². The summed E-state index contributed by atoms with van der Waals surface area (Å²) in [6.07, 6.45) is -3.07. The second-order valence-electron chi connectivity index (χ2n) is 3.58. The van der Waals surface area contributed by atoms with Gasteiger partial charge in [-0.1, -0.05) is 12.1 Å². The maximum absolute atomic E-state index is 12.9. The number of para-hydroxylation sites is 1. The Hall–Kier alpha value is -2.29. The molecule has 0 aliphatic rings. The van der Waals surface area contributed by atoms with Crippen molar-refractivity contribution in [2.75, 3.05) is 0 Å². The summed E-state index contributed by atoms with van der Waals surface area (Å²) in [5.74, 6) is 0. The topological polar surface area (TPSA) is 41.6 Å². The van der Waals surface area contributed by atoms with Gasteiger partial charge in [0.2, 0.25) is 0 Å². The fourth-order valence-corrected chi connectivity index (χ4v) is 1.66. The van der Waals surface area contributed by atoms with Crippen molar-refractivity contribution in [2.24, 2.45) is 0 Å². The first-order chi connectivity index (χ1) is 8.54. The number of halogens is 3. The van der Waals surface area contributed by atoms with E-state index in [2.05, 4.69) is 5.10 Å². The molecule has 0 bridgehead atoms. The summed E-state index contributed by atoms with van der Waals surface area (Å²) >= 11 is 0. The number of benzene rings is 1. The Morgan fingerprint density at radius 1 is 1.22 bits per heavy atom. The average molecular weight is 251 g/mol. The Kier molecular flexibility index (Phi) is 3.06. The minimum atomic E-state index is -4.45. The molecule has 0 aliphatic carbocycles. The second-order valence-corrected chi connectivity index (χ2v) is 3.58. The molecule has 0 fully saturated rings. The second kappa shape index (κ2) is 4.53. The maximum Gasteiger partial charge on any atom is 0.418 e. The van der Waals surface area contributed by atoms with Crippen LogP contribution in [0, 0.1) is 11.3 Å². The molecule has 0 radical (unpaired) electrons. The van der Waals surface area contributed by atoms with Crippen LogP contribution in [0.4, 0.5) is 13.2 Å². The lowest BCUT2D eigenvalue weighted by Crippen LogP contribution is -2.12. The number of hydrogen-bond acceptors (Lipinski definition) is 2. The molecule has 0 N–H and O–H groups in total. The standard InChI is InChI=1S/C12H8F3N3/c13-12(14,15)10-3-1-2-4-11(10)18-9(5-7-16)6-8-17-18/h1-4,6,8H,5H2. The van der Waals surface area contributed by atoms with Crippen molar-refractivity contribution in [1.82, 2.24) is 9.78 Å². The molecule has 0 atom stereocenters. The first-order valence-corrected chi connectivity index (χ1v) is 5.10. The van der Waals surface area contributed by atoms with E-state index in [1.807, 2.05) is 6.07 Å². The Labute approximate surface area is 101 Å². The fourth-order valence-electron chi connectivity index (χ4n) is 1.66. The molecule has 1 heterocycles. The van der Waals surface area contributed by atoms with E-state index in [0.29, 0.717) is 5.69 Å². The van der Waals surface area contributed by atoms with Gasteiger partial charge in [0, 0.05) is 6.20 Å². The summed E-state index contributed by atoms with van der Waals surface area (Å²) in [6.45, 7) is 0. The van der Waals surface area contributed by atoms with Crippen molar-refractivity contribution in [3.63, 3.8) is 0 Å². The number of aromatic nitrogens is 2. The van der Waals surface area contributed by atoms with Gasteiger partial charge in [0.25, 0.3) is 0 Å². The van der Waals surface area contributed by atoms with E-state index >= 15 is 0 Å². The van der Waals surface area contributed by atoms with Crippen LogP contribution in [0.3, 0.4) is 0 Å². The van der Waals surface area contributed by atoms with Crippen LogP contribution < -0.4 is 0 Å². The van der Waals surface area contributed by atoms with Crippen molar-refractivity contribution in [3.8, 4) is 11.8 Å². The first kappa shape index (κ1) is 12.2. The zero-order valence-electron chi connectivity index (χ0n) is 9.15. The third-order valence-corrected chi connectivity index (χ3v) is 2.42. The number of nitrogens with zero attached hydrogens (tertiary/aromatic N) is 3. The molecule has 0 amide bonds. The molecule has 92 valence electrons. The summed E-state index contributed by atoms with van der Waals surface area (Å²) in [6, 6.07) is 8.57. The van der Waals surface area contributed by atoms with E-state index in [1.54, 1.807) is 0 Å². The summed E-state index contributed by atoms with van der Waals surface area (Å²) in [5.41, 5.74) is -0.415. The monoisotopic (exact) mass is 251 g/mol. The first-order valence-electron chi connectivity index (χ1n) is 5.10. The number of nitriles is 1. The summed E-state index contributed by atoms with van der Waals surface area (Å²) in [7, 11) is 0. The molecule has 1 aromatic carbocycles. The minimum absolute atomic E-state index is 0.00614. The molecule has 0 unspecified atom stereocenters. The van der Waals surface area contributed by atoms with Crippen molar-refractivity contribution in [3.05, 3.63) is 47.8 Å². The van der Waals surface area contributed by atoms with Crippen LogP contribution in [-0.2, 0) is 12.6 Å². The van der Waals surface area contributed by atoms with E-state index in [1.165, 1.54) is 30.5 Å². The zero-order valence-corrected chi connectivity index (χ0v) is 9.15. The average Bonchev–Trinajstić information content (AvgIpc) is 2.77. The van der Waals surface area contributed by atoms with E-state index in [-0.39, 0.29) is 12.1 Å². The van der Waals surface area contributed by atoms with Crippen molar-refractivity contribution in [1.29, 1.82) is 5.26 Å². The van der Waals surface area contributed by atoms with Crippen LogP contribution in [0.25, 0.3) is 5.69 Å². The van der Waals surface area contributed by atoms with Gasteiger partial charge in [-0.2, -0.15) is 23.5 Å². The van der Waals surface area contributed by atoms with E-state index < -0.39 is 11.7 Å². The zero-order chi connectivity index (χ0) is 13.2. The van der Waals surface area contributed by atoms with Crippen LogP contribution in [0.5, 0.6) is 0 Å². The predicted octanol–water partition coefficient (Wildman–Crippen LogP) is 2.96. The lowest BCUT2D eigenvalue weighted by atomic mass is 10.1. The van der Waals surface area contributed by atoms with Gasteiger partial charge in [0.15, 0.2) is 0 Å². The molecule has 3 nitrogen and oxygen atoms in total. The molecule has 1 aromatic heterocycles. The molecule has 2 aromatic rings. The molecular weight excluding hydrogens is 243 g/mol. The highest BCUT2D eigenvalue weighted by Gasteiger charge is 2.34. The highest BCUT2D eigenvalue weighted by atomic mass is 19.4. The Balaban J connectivity index is 2.58. The number of hydrogen-bond donors (Lipinski definition) is 0. The van der Waals surface area contributed by atoms with E-state index in [4.69, 9.17) is 5.26 Å². The smallest absolute Gasteiger partial charge is 0.236 e. The van der Waals surface area contributed by atoms with Gasteiger partial charge in [0.1, 0.15) is 0 Å². The van der Waals surface area contributed by atoms with Gasteiger partial charge in [-0.25, -0.2) is 4.68 Å². The fraction of sp³-hybridized carbons (Fsp3) is 0.167.